The summed E-state index contributed by atoms with van der Waals surface area (Å²) in [7, 11) is 1.85. The monoisotopic (exact) mass is 244 g/mol. The second-order valence-electron chi connectivity index (χ2n) is 4.46. The zero-order valence-electron chi connectivity index (χ0n) is 10.1. The molecule has 6 heteroatoms. The normalized spacial score (nSPS) is 28.5. The molecule has 6 nitrogen and oxygen atoms in total. The first kappa shape index (κ1) is 13.9. The fourth-order valence-corrected chi connectivity index (χ4v) is 2.12. The number of likely N-dealkylation sites (tertiary alicyclic amines) is 1. The molecule has 17 heavy (non-hydrogen) atoms. The Morgan fingerprint density at radius 1 is 1.18 bits per heavy atom. The van der Waals surface area contributed by atoms with E-state index in [0.29, 0.717) is 0 Å². The molecule has 2 heterocycles. The Balaban J connectivity index is 0.000000171. The summed E-state index contributed by atoms with van der Waals surface area (Å²) in [5, 5.41) is 19.7. The maximum atomic E-state index is 10.4. The summed E-state index contributed by atoms with van der Waals surface area (Å²) in [5.41, 5.74) is 0. The molecule has 2 rings (SSSR count). The standard InChI is InChI=1S/C6H11NO2.C5H9NO2/c1-7-4-2-3-5(7)6(8)9;7-5(8)4-2-1-3-6-4/h5H,2-4H2,1H3,(H,8,9);4,6H,1-3H2,(H,7,8). The van der Waals surface area contributed by atoms with Crippen LogP contribution in [-0.2, 0) is 9.59 Å². The maximum Gasteiger partial charge on any atom is 0.320 e. The minimum Gasteiger partial charge on any atom is -0.480 e. The van der Waals surface area contributed by atoms with Crippen molar-refractivity contribution in [3.63, 3.8) is 0 Å². The average Bonchev–Trinajstić information content (AvgIpc) is 2.87. The van der Waals surface area contributed by atoms with Gasteiger partial charge in [-0.2, -0.15) is 0 Å². The third kappa shape index (κ3) is 4.32. The first-order valence-electron chi connectivity index (χ1n) is 5.91. The van der Waals surface area contributed by atoms with E-state index in [4.69, 9.17) is 10.2 Å². The second kappa shape index (κ2) is 6.56. The van der Waals surface area contributed by atoms with Crippen LogP contribution < -0.4 is 5.32 Å². The number of rotatable bonds is 2. The van der Waals surface area contributed by atoms with Gasteiger partial charge in [0.05, 0.1) is 0 Å². The van der Waals surface area contributed by atoms with E-state index >= 15 is 0 Å². The second-order valence-corrected chi connectivity index (χ2v) is 4.46. The third-order valence-corrected chi connectivity index (χ3v) is 3.16. The number of carbonyl (C=O) groups is 2. The van der Waals surface area contributed by atoms with Gasteiger partial charge in [-0.3, -0.25) is 14.5 Å². The van der Waals surface area contributed by atoms with E-state index in [-0.39, 0.29) is 12.1 Å². The highest BCUT2D eigenvalue weighted by Crippen LogP contribution is 2.13. The van der Waals surface area contributed by atoms with Gasteiger partial charge in [0.1, 0.15) is 12.1 Å². The molecule has 0 aromatic rings. The predicted molar refractivity (Wildman–Crippen MR) is 61.9 cm³/mol. The van der Waals surface area contributed by atoms with E-state index in [1.807, 2.05) is 11.9 Å². The Labute approximate surface area is 101 Å². The van der Waals surface area contributed by atoms with Crippen LogP contribution in [0.3, 0.4) is 0 Å². The fraction of sp³-hybridized carbons (Fsp3) is 0.818. The summed E-state index contributed by atoms with van der Waals surface area (Å²) in [6, 6.07) is -0.486. The van der Waals surface area contributed by atoms with Crippen molar-refractivity contribution < 1.29 is 19.8 Å². The van der Waals surface area contributed by atoms with Crippen molar-refractivity contribution in [3.8, 4) is 0 Å². The smallest absolute Gasteiger partial charge is 0.320 e. The molecule has 0 aromatic heterocycles. The summed E-state index contributed by atoms with van der Waals surface area (Å²) < 4.78 is 0. The molecule has 98 valence electrons. The predicted octanol–water partition coefficient (Wildman–Crippen LogP) is -0.0118. The number of likely N-dealkylation sites (N-methyl/N-ethyl adjacent to an activating group) is 1. The molecule has 2 saturated heterocycles. The Kier molecular flexibility index (Phi) is 5.37. The zero-order chi connectivity index (χ0) is 12.8. The number of hydrogen-bond acceptors (Lipinski definition) is 4. The van der Waals surface area contributed by atoms with Crippen LogP contribution in [0.15, 0.2) is 0 Å². The molecule has 0 aromatic carbocycles. The van der Waals surface area contributed by atoms with Gasteiger partial charge in [-0.25, -0.2) is 0 Å². The lowest BCUT2D eigenvalue weighted by Crippen LogP contribution is -2.32. The van der Waals surface area contributed by atoms with Crippen LogP contribution in [0, 0.1) is 0 Å². The van der Waals surface area contributed by atoms with Crippen LogP contribution in [0.4, 0.5) is 0 Å². The van der Waals surface area contributed by atoms with E-state index < -0.39 is 11.9 Å². The highest BCUT2D eigenvalue weighted by Gasteiger charge is 2.26. The number of nitrogens with zero attached hydrogens (tertiary/aromatic N) is 1. The van der Waals surface area contributed by atoms with E-state index in [2.05, 4.69) is 5.32 Å². The molecule has 2 atom stereocenters. The number of hydrogen-bond donors (Lipinski definition) is 3. The number of aliphatic carboxylic acids is 2. The van der Waals surface area contributed by atoms with Gasteiger partial charge in [0.15, 0.2) is 0 Å². The molecule has 2 aliphatic heterocycles. The average molecular weight is 244 g/mol. The minimum absolute atomic E-state index is 0.218. The molecule has 3 N–H and O–H groups in total. The summed E-state index contributed by atoms with van der Waals surface area (Å²) in [4.78, 5) is 22.4. The Bertz CT molecular complexity index is 277. The van der Waals surface area contributed by atoms with Crippen LogP contribution in [-0.4, -0.2) is 59.3 Å². The van der Waals surface area contributed by atoms with Crippen LogP contribution in [0.25, 0.3) is 0 Å². The summed E-state index contributed by atoms with van der Waals surface area (Å²) in [6.07, 6.45) is 3.62. The first-order valence-corrected chi connectivity index (χ1v) is 5.91. The third-order valence-electron chi connectivity index (χ3n) is 3.16. The van der Waals surface area contributed by atoms with Gasteiger partial charge < -0.3 is 15.5 Å². The van der Waals surface area contributed by atoms with E-state index in [0.717, 1.165) is 38.8 Å². The fourth-order valence-electron chi connectivity index (χ4n) is 2.12. The lowest BCUT2D eigenvalue weighted by Gasteiger charge is -2.13. The Morgan fingerprint density at radius 3 is 2.12 bits per heavy atom. The van der Waals surface area contributed by atoms with Gasteiger partial charge >= 0.3 is 11.9 Å². The quantitative estimate of drug-likeness (QED) is 0.633. The SMILES string of the molecule is CN1CCCC1C(=O)O.O=C(O)C1CCCN1. The largest absolute Gasteiger partial charge is 0.480 e. The number of carboxylic acid groups (broad SMARTS) is 2. The molecule has 2 aliphatic rings. The summed E-state index contributed by atoms with van der Waals surface area (Å²) in [6.45, 7) is 1.79. The van der Waals surface area contributed by atoms with Gasteiger partial charge in [0.25, 0.3) is 0 Å². The molecule has 0 radical (unpaired) electrons. The summed E-state index contributed by atoms with van der Waals surface area (Å²) >= 11 is 0. The highest BCUT2D eigenvalue weighted by atomic mass is 16.4. The van der Waals surface area contributed by atoms with Crippen LogP contribution in [0.1, 0.15) is 25.7 Å². The molecular weight excluding hydrogens is 224 g/mol. The van der Waals surface area contributed by atoms with E-state index in [1.165, 1.54) is 0 Å². The zero-order valence-corrected chi connectivity index (χ0v) is 10.1. The number of nitrogens with one attached hydrogen (secondary N) is 1. The molecule has 2 unspecified atom stereocenters. The van der Waals surface area contributed by atoms with E-state index in [1.54, 1.807) is 0 Å². The van der Waals surface area contributed by atoms with Crippen LogP contribution in [0.2, 0.25) is 0 Å². The Morgan fingerprint density at radius 2 is 1.88 bits per heavy atom. The molecule has 0 aliphatic carbocycles. The Hall–Kier alpha value is -1.14. The van der Waals surface area contributed by atoms with Crippen molar-refractivity contribution >= 4 is 11.9 Å². The molecule has 0 bridgehead atoms. The molecule has 0 saturated carbocycles. The molecule has 0 spiro atoms. The van der Waals surface area contributed by atoms with Gasteiger partial charge in [0.2, 0.25) is 0 Å². The van der Waals surface area contributed by atoms with E-state index in [9.17, 15) is 9.59 Å². The first-order chi connectivity index (χ1) is 8.02. The van der Waals surface area contributed by atoms with Crippen molar-refractivity contribution in [1.82, 2.24) is 10.2 Å². The molecular formula is C11H20N2O4. The summed E-state index contributed by atoms with van der Waals surface area (Å²) in [5.74, 6) is -1.41. The molecule has 0 amide bonds. The van der Waals surface area contributed by atoms with Crippen molar-refractivity contribution in [2.75, 3.05) is 20.1 Å². The number of carboxylic acids is 2. The minimum atomic E-state index is -0.720. The van der Waals surface area contributed by atoms with Crippen molar-refractivity contribution in [2.45, 2.75) is 37.8 Å². The highest BCUT2D eigenvalue weighted by molar-refractivity contribution is 5.74. The van der Waals surface area contributed by atoms with Gasteiger partial charge in [0, 0.05) is 0 Å². The van der Waals surface area contributed by atoms with Gasteiger partial charge in [-0.15, -0.1) is 0 Å². The lowest BCUT2D eigenvalue weighted by molar-refractivity contribution is -0.141. The van der Waals surface area contributed by atoms with Gasteiger partial charge in [-0.05, 0) is 45.8 Å². The van der Waals surface area contributed by atoms with Crippen molar-refractivity contribution in [3.05, 3.63) is 0 Å². The van der Waals surface area contributed by atoms with Crippen LogP contribution >= 0.6 is 0 Å². The van der Waals surface area contributed by atoms with Gasteiger partial charge in [-0.1, -0.05) is 0 Å². The maximum absolute atomic E-state index is 10.4. The van der Waals surface area contributed by atoms with Crippen molar-refractivity contribution in [2.24, 2.45) is 0 Å². The van der Waals surface area contributed by atoms with Crippen molar-refractivity contribution in [1.29, 1.82) is 0 Å². The lowest BCUT2D eigenvalue weighted by atomic mass is 10.2. The molecule has 2 fully saturated rings. The topological polar surface area (TPSA) is 89.9 Å². The van der Waals surface area contributed by atoms with Crippen LogP contribution in [0.5, 0.6) is 0 Å².